The fourth-order valence-electron chi connectivity index (χ4n) is 3.31. The molecular weight excluding hydrogens is 316 g/mol. The number of benzene rings is 1. The first-order valence-corrected chi connectivity index (χ1v) is 9.01. The van der Waals surface area contributed by atoms with Crippen LogP contribution < -0.4 is 0 Å². The molecule has 2 aromatic rings. The fourth-order valence-corrected chi connectivity index (χ4v) is 3.31. The second-order valence-electron chi connectivity index (χ2n) is 6.61. The maximum absolute atomic E-state index is 13.0. The third-order valence-corrected chi connectivity index (χ3v) is 4.69. The third kappa shape index (κ3) is 4.45. The Kier molecular flexibility index (Phi) is 5.81. The van der Waals surface area contributed by atoms with Crippen LogP contribution in [0.5, 0.6) is 0 Å². The summed E-state index contributed by atoms with van der Waals surface area (Å²) in [6, 6.07) is 10.3. The van der Waals surface area contributed by atoms with Gasteiger partial charge in [0.1, 0.15) is 0 Å². The van der Waals surface area contributed by atoms with Gasteiger partial charge in [-0.1, -0.05) is 43.7 Å². The summed E-state index contributed by atoms with van der Waals surface area (Å²) in [5.74, 6) is 1.24. The summed E-state index contributed by atoms with van der Waals surface area (Å²) in [5, 5.41) is 7.98. The second-order valence-corrected chi connectivity index (χ2v) is 6.61. The lowest BCUT2D eigenvalue weighted by Crippen LogP contribution is -2.49. The highest BCUT2D eigenvalue weighted by Gasteiger charge is 2.31. The van der Waals surface area contributed by atoms with E-state index in [0.29, 0.717) is 24.7 Å². The normalized spacial score (nSPS) is 18.2. The van der Waals surface area contributed by atoms with Gasteiger partial charge in [0.2, 0.25) is 17.7 Å². The van der Waals surface area contributed by atoms with Crippen molar-refractivity contribution >= 4 is 5.91 Å². The fraction of sp³-hybridized carbons (Fsp3) is 0.526. The molecule has 0 N–H and O–H groups in total. The first-order valence-electron chi connectivity index (χ1n) is 9.01. The van der Waals surface area contributed by atoms with Crippen molar-refractivity contribution in [3.63, 3.8) is 0 Å². The monoisotopic (exact) mass is 342 g/mol. The van der Waals surface area contributed by atoms with E-state index in [1.165, 1.54) is 5.56 Å². The van der Waals surface area contributed by atoms with Crippen molar-refractivity contribution in [2.45, 2.75) is 51.7 Å². The van der Waals surface area contributed by atoms with Crippen LogP contribution in [-0.4, -0.2) is 45.5 Å². The minimum absolute atomic E-state index is 0.0764. The lowest BCUT2D eigenvalue weighted by Gasteiger charge is -2.36. The molecule has 2 heterocycles. The largest absolute Gasteiger partial charge is 0.423 e. The zero-order valence-electron chi connectivity index (χ0n) is 15.0. The minimum Gasteiger partial charge on any atom is -0.423 e. The number of carbonyl (C=O) groups is 1. The molecule has 0 spiro atoms. The number of amides is 1. The molecule has 1 fully saturated rings. The van der Waals surface area contributed by atoms with Crippen molar-refractivity contribution in [1.29, 1.82) is 0 Å². The Morgan fingerprint density at radius 2 is 2.00 bits per heavy atom. The number of hydrogen-bond acceptors (Lipinski definition) is 5. The molecule has 1 atom stereocenters. The molecule has 134 valence electrons. The molecule has 25 heavy (non-hydrogen) atoms. The van der Waals surface area contributed by atoms with Gasteiger partial charge in [-0.05, 0) is 24.9 Å². The third-order valence-electron chi connectivity index (χ3n) is 4.69. The number of aryl methyl sites for hydroxylation is 1. The van der Waals surface area contributed by atoms with Gasteiger partial charge in [-0.25, -0.2) is 0 Å². The lowest BCUT2D eigenvalue weighted by atomic mass is 10.00. The van der Waals surface area contributed by atoms with Crippen LogP contribution in [-0.2, 0) is 24.3 Å². The van der Waals surface area contributed by atoms with Crippen LogP contribution >= 0.6 is 0 Å². The van der Waals surface area contributed by atoms with Crippen LogP contribution in [0.2, 0.25) is 0 Å². The summed E-state index contributed by atoms with van der Waals surface area (Å²) in [7, 11) is 1.81. The molecule has 1 amide bonds. The van der Waals surface area contributed by atoms with E-state index in [1.54, 1.807) is 4.90 Å². The summed E-state index contributed by atoms with van der Waals surface area (Å²) >= 11 is 0. The average Bonchev–Trinajstić information content (AvgIpc) is 3.10. The Hall–Kier alpha value is -2.21. The molecule has 1 aliphatic heterocycles. The topological polar surface area (TPSA) is 62.5 Å². The number of piperidine rings is 1. The summed E-state index contributed by atoms with van der Waals surface area (Å²) in [5.41, 5.74) is 1.24. The van der Waals surface area contributed by atoms with Gasteiger partial charge in [-0.15, -0.1) is 10.2 Å². The Morgan fingerprint density at radius 1 is 1.24 bits per heavy atom. The highest BCUT2D eigenvalue weighted by molar-refractivity contribution is 5.81. The van der Waals surface area contributed by atoms with E-state index >= 15 is 0 Å². The number of likely N-dealkylation sites (N-methyl/N-ethyl adjacent to an activating group) is 1. The van der Waals surface area contributed by atoms with Gasteiger partial charge in [0.15, 0.2) is 0 Å². The SMILES string of the molecule is CCc1nnc(CN(C)C(=O)[C@@H]2CCCCN2Cc2ccccc2)o1. The smallest absolute Gasteiger partial charge is 0.240 e. The van der Waals surface area contributed by atoms with Crippen molar-refractivity contribution in [3.8, 4) is 0 Å². The van der Waals surface area contributed by atoms with Gasteiger partial charge in [0.25, 0.3) is 0 Å². The van der Waals surface area contributed by atoms with E-state index in [-0.39, 0.29) is 11.9 Å². The Bertz CT molecular complexity index is 686. The number of rotatable bonds is 6. The molecule has 6 heteroatoms. The first-order chi connectivity index (χ1) is 12.2. The minimum atomic E-state index is -0.0764. The van der Waals surface area contributed by atoms with Crippen LogP contribution in [0.25, 0.3) is 0 Å². The van der Waals surface area contributed by atoms with Crippen LogP contribution in [0.15, 0.2) is 34.7 Å². The second kappa shape index (κ2) is 8.25. The maximum atomic E-state index is 13.0. The standard InChI is InChI=1S/C19H26N4O2/c1-3-17-20-21-18(25-17)14-22(2)19(24)16-11-7-8-12-23(16)13-15-9-5-4-6-10-15/h4-6,9-10,16H,3,7-8,11-14H2,1-2H3/t16-/m0/s1. The Balaban J connectivity index is 1.65. The van der Waals surface area contributed by atoms with Crippen LogP contribution in [0.4, 0.5) is 0 Å². The molecule has 0 saturated carbocycles. The van der Waals surface area contributed by atoms with Crippen LogP contribution in [0, 0.1) is 0 Å². The van der Waals surface area contributed by atoms with Crippen molar-refractivity contribution in [3.05, 3.63) is 47.7 Å². The maximum Gasteiger partial charge on any atom is 0.240 e. The van der Waals surface area contributed by atoms with Crippen molar-refractivity contribution < 1.29 is 9.21 Å². The van der Waals surface area contributed by atoms with Crippen molar-refractivity contribution in [2.75, 3.05) is 13.6 Å². The zero-order valence-corrected chi connectivity index (χ0v) is 15.0. The summed E-state index contributed by atoms with van der Waals surface area (Å²) < 4.78 is 5.53. The molecule has 6 nitrogen and oxygen atoms in total. The average molecular weight is 342 g/mol. The van der Waals surface area contributed by atoms with E-state index in [1.807, 2.05) is 32.2 Å². The van der Waals surface area contributed by atoms with Gasteiger partial charge in [-0.3, -0.25) is 9.69 Å². The van der Waals surface area contributed by atoms with Gasteiger partial charge in [0.05, 0.1) is 12.6 Å². The molecule has 0 aliphatic carbocycles. The van der Waals surface area contributed by atoms with Crippen molar-refractivity contribution in [2.24, 2.45) is 0 Å². The number of carbonyl (C=O) groups excluding carboxylic acids is 1. The zero-order chi connectivity index (χ0) is 17.6. The molecule has 1 aromatic heterocycles. The number of nitrogens with zero attached hydrogens (tertiary/aromatic N) is 4. The predicted octanol–water partition coefficient (Wildman–Crippen LogP) is 2.65. The van der Waals surface area contributed by atoms with E-state index in [9.17, 15) is 4.79 Å². The number of aromatic nitrogens is 2. The lowest BCUT2D eigenvalue weighted by molar-refractivity contribution is -0.138. The molecule has 3 rings (SSSR count). The van der Waals surface area contributed by atoms with E-state index in [4.69, 9.17) is 4.42 Å². The highest BCUT2D eigenvalue weighted by Crippen LogP contribution is 2.21. The molecule has 1 aromatic carbocycles. The summed E-state index contributed by atoms with van der Waals surface area (Å²) in [6.07, 6.45) is 3.85. The molecule has 0 unspecified atom stereocenters. The number of hydrogen-bond donors (Lipinski definition) is 0. The van der Waals surface area contributed by atoms with Crippen molar-refractivity contribution in [1.82, 2.24) is 20.0 Å². The predicted molar refractivity (Wildman–Crippen MR) is 94.6 cm³/mol. The van der Waals surface area contributed by atoms with E-state index in [0.717, 1.165) is 32.4 Å². The van der Waals surface area contributed by atoms with Gasteiger partial charge >= 0.3 is 0 Å². The molecule has 0 radical (unpaired) electrons. The quantitative estimate of drug-likeness (QED) is 0.807. The molecule has 0 bridgehead atoms. The molecule has 1 saturated heterocycles. The summed E-state index contributed by atoms with van der Waals surface area (Å²) in [4.78, 5) is 17.0. The summed E-state index contributed by atoms with van der Waals surface area (Å²) in [6.45, 7) is 4.10. The van der Waals surface area contributed by atoms with E-state index < -0.39 is 0 Å². The molecule has 1 aliphatic rings. The van der Waals surface area contributed by atoms with Crippen LogP contribution in [0.3, 0.4) is 0 Å². The Morgan fingerprint density at radius 3 is 2.72 bits per heavy atom. The van der Waals surface area contributed by atoms with Crippen LogP contribution in [0.1, 0.15) is 43.5 Å². The van der Waals surface area contributed by atoms with Gasteiger partial charge in [-0.2, -0.15) is 0 Å². The molecular formula is C19H26N4O2. The van der Waals surface area contributed by atoms with Gasteiger partial charge < -0.3 is 9.32 Å². The number of likely N-dealkylation sites (tertiary alicyclic amines) is 1. The Labute approximate surface area is 148 Å². The van der Waals surface area contributed by atoms with E-state index in [2.05, 4.69) is 27.2 Å². The highest BCUT2D eigenvalue weighted by atomic mass is 16.4. The first kappa shape index (κ1) is 17.6. The van der Waals surface area contributed by atoms with Gasteiger partial charge in [0, 0.05) is 20.0 Å².